The molecular formula is C17H34IN3OS. The number of aliphatic imine (C=N–C) groups is 1. The second kappa shape index (κ2) is 9.70. The number of hydrogen-bond donors (Lipinski definition) is 1. The summed E-state index contributed by atoms with van der Waals surface area (Å²) in [6, 6.07) is 0. The fourth-order valence-corrected chi connectivity index (χ4v) is 4.46. The Morgan fingerprint density at radius 2 is 2.09 bits per heavy atom. The SMILES string of the molecule is CCNC(=NCC1(CCOC)CCC1)N1CCSC(C)(C)C1.I. The first-order valence-corrected chi connectivity index (χ1v) is 9.65. The quantitative estimate of drug-likeness (QED) is 0.377. The predicted molar refractivity (Wildman–Crippen MR) is 112 cm³/mol. The van der Waals surface area contributed by atoms with Crippen LogP contribution in [-0.4, -0.2) is 61.3 Å². The van der Waals surface area contributed by atoms with Crippen molar-refractivity contribution in [3.63, 3.8) is 0 Å². The molecule has 1 aliphatic heterocycles. The molecule has 1 saturated carbocycles. The molecule has 2 aliphatic rings. The van der Waals surface area contributed by atoms with Crippen molar-refractivity contribution in [2.75, 3.05) is 45.6 Å². The van der Waals surface area contributed by atoms with Crippen molar-refractivity contribution in [2.24, 2.45) is 10.4 Å². The van der Waals surface area contributed by atoms with Crippen LogP contribution >= 0.6 is 35.7 Å². The van der Waals surface area contributed by atoms with Gasteiger partial charge in [-0.15, -0.1) is 24.0 Å². The molecule has 6 heteroatoms. The van der Waals surface area contributed by atoms with E-state index in [1.165, 1.54) is 25.0 Å². The lowest BCUT2D eigenvalue weighted by atomic mass is 9.67. The van der Waals surface area contributed by atoms with Gasteiger partial charge in [-0.05, 0) is 45.4 Å². The van der Waals surface area contributed by atoms with Crippen LogP contribution in [0, 0.1) is 5.41 Å². The standard InChI is InChI=1S/C17H33N3OS.HI/c1-5-18-15(20-10-12-22-16(2,3)14-20)19-13-17(7-6-8-17)9-11-21-4;/h5-14H2,1-4H3,(H,18,19);1H. The van der Waals surface area contributed by atoms with Crippen molar-refractivity contribution in [3.8, 4) is 0 Å². The Morgan fingerprint density at radius 1 is 1.35 bits per heavy atom. The molecule has 4 nitrogen and oxygen atoms in total. The molecule has 0 unspecified atom stereocenters. The Balaban J connectivity index is 0.00000264. The number of rotatable bonds is 6. The molecule has 1 N–H and O–H groups in total. The van der Waals surface area contributed by atoms with Crippen molar-refractivity contribution in [2.45, 2.75) is 51.2 Å². The number of halogens is 1. The lowest BCUT2D eigenvalue weighted by Gasteiger charge is -2.42. The monoisotopic (exact) mass is 455 g/mol. The van der Waals surface area contributed by atoms with Crippen molar-refractivity contribution in [1.82, 2.24) is 10.2 Å². The second-order valence-corrected chi connectivity index (χ2v) is 9.10. The van der Waals surface area contributed by atoms with Gasteiger partial charge in [0.2, 0.25) is 0 Å². The summed E-state index contributed by atoms with van der Waals surface area (Å²) in [5.41, 5.74) is 0.400. The highest BCUT2D eigenvalue weighted by atomic mass is 127. The van der Waals surface area contributed by atoms with Crippen molar-refractivity contribution >= 4 is 41.7 Å². The summed E-state index contributed by atoms with van der Waals surface area (Å²) in [6.07, 6.45) is 5.11. The number of hydrogen-bond acceptors (Lipinski definition) is 3. The fraction of sp³-hybridized carbons (Fsp3) is 0.941. The predicted octanol–water partition coefficient (Wildman–Crippen LogP) is 3.60. The van der Waals surface area contributed by atoms with E-state index < -0.39 is 0 Å². The zero-order valence-corrected chi connectivity index (χ0v) is 18.3. The number of nitrogens with zero attached hydrogens (tertiary/aromatic N) is 2. The van der Waals surface area contributed by atoms with Gasteiger partial charge in [0.05, 0.1) is 0 Å². The zero-order chi connectivity index (χ0) is 16.1. The average Bonchev–Trinajstić information content (AvgIpc) is 2.43. The van der Waals surface area contributed by atoms with Crippen LogP contribution in [0.1, 0.15) is 46.5 Å². The molecule has 23 heavy (non-hydrogen) atoms. The number of guanidine groups is 1. The molecule has 0 aromatic heterocycles. The third kappa shape index (κ3) is 6.27. The van der Waals surface area contributed by atoms with Gasteiger partial charge < -0.3 is 15.0 Å². The molecule has 0 spiro atoms. The Hall–Kier alpha value is 0.310. The van der Waals surface area contributed by atoms with Gasteiger partial charge in [-0.1, -0.05) is 6.42 Å². The number of nitrogens with one attached hydrogen (secondary N) is 1. The summed E-state index contributed by atoms with van der Waals surface area (Å²) in [4.78, 5) is 7.46. The summed E-state index contributed by atoms with van der Waals surface area (Å²) in [5.74, 6) is 2.30. The highest BCUT2D eigenvalue weighted by molar-refractivity contribution is 14.0. The third-order valence-electron chi connectivity index (χ3n) is 4.88. The molecule has 0 radical (unpaired) electrons. The first-order valence-electron chi connectivity index (χ1n) is 8.66. The number of thioether (sulfide) groups is 1. The lowest BCUT2D eigenvalue weighted by Crippen LogP contribution is -2.51. The van der Waals surface area contributed by atoms with E-state index in [2.05, 4.69) is 42.7 Å². The molecule has 0 aromatic rings. The van der Waals surface area contributed by atoms with Crippen LogP contribution in [0.15, 0.2) is 4.99 Å². The van der Waals surface area contributed by atoms with Gasteiger partial charge in [0.25, 0.3) is 0 Å². The van der Waals surface area contributed by atoms with E-state index in [0.717, 1.165) is 45.2 Å². The summed E-state index contributed by atoms with van der Waals surface area (Å²) in [5, 5.41) is 3.50. The smallest absolute Gasteiger partial charge is 0.194 e. The summed E-state index contributed by atoms with van der Waals surface area (Å²) >= 11 is 2.07. The normalized spacial score (nSPS) is 23.0. The minimum absolute atomic E-state index is 0. The van der Waals surface area contributed by atoms with Gasteiger partial charge in [-0.3, -0.25) is 4.99 Å². The van der Waals surface area contributed by atoms with Gasteiger partial charge in [0.15, 0.2) is 5.96 Å². The zero-order valence-electron chi connectivity index (χ0n) is 15.2. The molecule has 0 atom stereocenters. The summed E-state index contributed by atoms with van der Waals surface area (Å²) in [7, 11) is 1.80. The van der Waals surface area contributed by atoms with E-state index in [1.54, 1.807) is 7.11 Å². The van der Waals surface area contributed by atoms with Crippen LogP contribution in [0.4, 0.5) is 0 Å². The molecular weight excluding hydrogens is 421 g/mol. The van der Waals surface area contributed by atoms with Crippen molar-refractivity contribution < 1.29 is 4.74 Å². The van der Waals surface area contributed by atoms with Gasteiger partial charge >= 0.3 is 0 Å². The Bertz CT molecular complexity index is 386. The highest BCUT2D eigenvalue weighted by Crippen LogP contribution is 2.44. The first kappa shape index (κ1) is 21.4. The van der Waals surface area contributed by atoms with Gasteiger partial charge in [-0.2, -0.15) is 11.8 Å². The average molecular weight is 455 g/mol. The maximum atomic E-state index is 5.29. The summed E-state index contributed by atoms with van der Waals surface area (Å²) in [6.45, 7) is 11.7. The number of methoxy groups -OCH3 is 1. The molecule has 0 amide bonds. The van der Waals surface area contributed by atoms with E-state index in [-0.39, 0.29) is 24.0 Å². The molecule has 136 valence electrons. The molecule has 2 rings (SSSR count). The molecule has 0 aromatic carbocycles. The fourth-order valence-electron chi connectivity index (χ4n) is 3.35. The van der Waals surface area contributed by atoms with Crippen LogP contribution in [0.25, 0.3) is 0 Å². The lowest BCUT2D eigenvalue weighted by molar-refractivity contribution is 0.0776. The van der Waals surface area contributed by atoms with E-state index in [9.17, 15) is 0 Å². The van der Waals surface area contributed by atoms with Gasteiger partial charge in [0.1, 0.15) is 0 Å². The number of ether oxygens (including phenoxy) is 1. The minimum Gasteiger partial charge on any atom is -0.385 e. The third-order valence-corrected chi connectivity index (χ3v) is 6.17. The van der Waals surface area contributed by atoms with Crippen molar-refractivity contribution in [1.29, 1.82) is 0 Å². The van der Waals surface area contributed by atoms with Crippen LogP contribution in [0.2, 0.25) is 0 Å². The Kier molecular flexibility index (Phi) is 9.01. The Labute approximate surface area is 163 Å². The van der Waals surface area contributed by atoms with Gasteiger partial charge in [-0.25, -0.2) is 0 Å². The van der Waals surface area contributed by atoms with E-state index >= 15 is 0 Å². The molecule has 1 saturated heterocycles. The molecule has 1 aliphatic carbocycles. The molecule has 0 bridgehead atoms. The van der Waals surface area contributed by atoms with Crippen LogP contribution < -0.4 is 5.32 Å². The largest absolute Gasteiger partial charge is 0.385 e. The highest BCUT2D eigenvalue weighted by Gasteiger charge is 2.37. The second-order valence-electron chi connectivity index (χ2n) is 7.30. The first-order chi connectivity index (χ1) is 10.5. The van der Waals surface area contributed by atoms with E-state index in [1.807, 2.05) is 0 Å². The molecule has 1 heterocycles. The Morgan fingerprint density at radius 3 is 2.61 bits per heavy atom. The maximum Gasteiger partial charge on any atom is 0.194 e. The topological polar surface area (TPSA) is 36.9 Å². The minimum atomic E-state index is 0. The van der Waals surface area contributed by atoms with Crippen LogP contribution in [0.3, 0.4) is 0 Å². The maximum absolute atomic E-state index is 5.29. The van der Waals surface area contributed by atoms with Gasteiger partial charge in [0, 0.05) is 50.4 Å². The van der Waals surface area contributed by atoms with E-state index in [4.69, 9.17) is 9.73 Å². The van der Waals surface area contributed by atoms with Crippen LogP contribution in [-0.2, 0) is 4.74 Å². The van der Waals surface area contributed by atoms with Crippen molar-refractivity contribution in [3.05, 3.63) is 0 Å². The summed E-state index contributed by atoms with van der Waals surface area (Å²) < 4.78 is 5.61. The van der Waals surface area contributed by atoms with E-state index in [0.29, 0.717) is 10.2 Å². The van der Waals surface area contributed by atoms with Crippen LogP contribution in [0.5, 0.6) is 0 Å². The molecule has 2 fully saturated rings.